The van der Waals surface area contributed by atoms with Crippen molar-refractivity contribution < 1.29 is 49.6 Å². The van der Waals surface area contributed by atoms with Crippen molar-refractivity contribution in [1.29, 1.82) is 0 Å². The smallest absolute Gasteiger partial charge is 1.00 e. The molecule has 0 rings (SSSR count). The third-order valence-corrected chi connectivity index (χ3v) is 0. The minimum atomic E-state index is 0. The maximum atomic E-state index is 0. The molecule has 0 fully saturated rings. The molecule has 0 aliphatic heterocycles. The summed E-state index contributed by atoms with van der Waals surface area (Å²) in [7, 11) is 0. The SMILES string of the molecule is Br.[Cl-].[Cl-].[Cl-].[Cl-].[Sn+4]. The van der Waals surface area contributed by atoms with Crippen LogP contribution in [0.3, 0.4) is 0 Å². The van der Waals surface area contributed by atoms with Crippen LogP contribution in [-0.4, -0.2) is 23.9 Å². The molecular formula is HBrCl4Sn. The standard InChI is InChI=1S/BrH.4ClH.Sn/h5*1H;/q;;;;;+4/p-4. The minimum absolute atomic E-state index is 0. The van der Waals surface area contributed by atoms with E-state index in [9.17, 15) is 0 Å². The number of hydrogen-bond donors (Lipinski definition) is 0. The van der Waals surface area contributed by atoms with E-state index >= 15 is 0 Å². The molecule has 0 aromatic heterocycles. The second-order valence-corrected chi connectivity index (χ2v) is 0. The van der Waals surface area contributed by atoms with E-state index in [1.54, 1.807) is 0 Å². The Morgan fingerprint density at radius 3 is 0.500 bits per heavy atom. The van der Waals surface area contributed by atoms with Crippen LogP contribution < -0.4 is 49.6 Å². The van der Waals surface area contributed by atoms with Gasteiger partial charge >= 0.3 is 23.9 Å². The summed E-state index contributed by atoms with van der Waals surface area (Å²) in [6, 6.07) is 0. The molecule has 0 aliphatic carbocycles. The molecule has 40 valence electrons. The molecular weight excluding hydrogens is 340 g/mol. The summed E-state index contributed by atoms with van der Waals surface area (Å²) in [6.07, 6.45) is 0. The maximum absolute atomic E-state index is 0. The van der Waals surface area contributed by atoms with Gasteiger partial charge in [-0.25, -0.2) is 0 Å². The van der Waals surface area contributed by atoms with E-state index in [0.29, 0.717) is 0 Å². The quantitative estimate of drug-likeness (QED) is 0.384. The molecule has 0 unspecified atom stereocenters. The van der Waals surface area contributed by atoms with Crippen molar-refractivity contribution in [1.82, 2.24) is 0 Å². The average Bonchev–Trinajstić information content (AvgIpc) is 0. The first-order valence-corrected chi connectivity index (χ1v) is 0. The van der Waals surface area contributed by atoms with Crippen molar-refractivity contribution in [3.63, 3.8) is 0 Å². The van der Waals surface area contributed by atoms with Gasteiger partial charge in [0.2, 0.25) is 0 Å². The van der Waals surface area contributed by atoms with Crippen LogP contribution in [0.2, 0.25) is 0 Å². The Hall–Kier alpha value is 2.44. The third-order valence-electron chi connectivity index (χ3n) is 0. The Morgan fingerprint density at radius 2 is 0.500 bits per heavy atom. The summed E-state index contributed by atoms with van der Waals surface area (Å²) in [6.45, 7) is 0. The Kier molecular flexibility index (Phi) is 679. The van der Waals surface area contributed by atoms with Gasteiger partial charge in [0, 0.05) is 0 Å². The van der Waals surface area contributed by atoms with Crippen molar-refractivity contribution in [2.24, 2.45) is 0 Å². The van der Waals surface area contributed by atoms with E-state index in [0.717, 1.165) is 0 Å². The Labute approximate surface area is 89.6 Å². The molecule has 0 aromatic carbocycles. The van der Waals surface area contributed by atoms with E-state index < -0.39 is 0 Å². The van der Waals surface area contributed by atoms with Crippen LogP contribution in [0.15, 0.2) is 0 Å². The fraction of sp³-hybridized carbons (Fsp3) is 0. The molecule has 0 amide bonds. The maximum Gasteiger partial charge on any atom is 4.00 e. The first-order chi connectivity index (χ1) is 0. The van der Waals surface area contributed by atoms with E-state index in [4.69, 9.17) is 0 Å². The van der Waals surface area contributed by atoms with E-state index in [-0.39, 0.29) is 90.5 Å². The second kappa shape index (κ2) is 51.9. The minimum Gasteiger partial charge on any atom is -1.00 e. The fourth-order valence-electron chi connectivity index (χ4n) is 0. The van der Waals surface area contributed by atoms with Gasteiger partial charge in [-0.15, -0.1) is 17.0 Å². The molecule has 0 atom stereocenters. The molecule has 0 heterocycles. The molecule has 0 aromatic rings. The van der Waals surface area contributed by atoms with Crippen molar-refractivity contribution in [2.45, 2.75) is 0 Å². The first-order valence-electron chi connectivity index (χ1n) is 0. The first kappa shape index (κ1) is 78.5. The molecule has 6 heteroatoms. The molecule has 0 radical (unpaired) electrons. The molecule has 0 nitrogen and oxygen atoms in total. The summed E-state index contributed by atoms with van der Waals surface area (Å²) in [5, 5.41) is 0. The van der Waals surface area contributed by atoms with E-state index in [2.05, 4.69) is 0 Å². The van der Waals surface area contributed by atoms with Gasteiger partial charge in [0.25, 0.3) is 0 Å². The monoisotopic (exact) mass is 340 g/mol. The Balaban J connectivity index is 0. The molecule has 0 saturated heterocycles. The average molecular weight is 341 g/mol. The van der Waals surface area contributed by atoms with Gasteiger partial charge in [-0.1, -0.05) is 0 Å². The van der Waals surface area contributed by atoms with Crippen molar-refractivity contribution >= 4 is 40.9 Å². The van der Waals surface area contributed by atoms with Crippen LogP contribution >= 0.6 is 17.0 Å². The molecule has 0 spiro atoms. The molecule has 0 N–H and O–H groups in total. The van der Waals surface area contributed by atoms with Gasteiger partial charge in [0.15, 0.2) is 0 Å². The number of rotatable bonds is 0. The van der Waals surface area contributed by atoms with Gasteiger partial charge in [0.1, 0.15) is 0 Å². The zero-order valence-corrected chi connectivity index (χ0v) is 10.0. The van der Waals surface area contributed by atoms with Crippen molar-refractivity contribution in [2.75, 3.05) is 0 Å². The predicted octanol–water partition coefficient (Wildman–Crippen LogP) is -11.8. The molecule has 0 bridgehead atoms. The normalized spacial score (nSPS) is 0. The zero-order chi connectivity index (χ0) is 0. The van der Waals surface area contributed by atoms with Crippen molar-refractivity contribution in [3.05, 3.63) is 0 Å². The Morgan fingerprint density at radius 1 is 0.500 bits per heavy atom. The van der Waals surface area contributed by atoms with E-state index in [1.165, 1.54) is 0 Å². The van der Waals surface area contributed by atoms with Crippen LogP contribution in [0.25, 0.3) is 0 Å². The summed E-state index contributed by atoms with van der Waals surface area (Å²) < 4.78 is 0. The topological polar surface area (TPSA) is 0 Å². The van der Waals surface area contributed by atoms with Gasteiger partial charge in [-0.2, -0.15) is 0 Å². The fourth-order valence-corrected chi connectivity index (χ4v) is 0. The number of hydrogen-bond acceptors (Lipinski definition) is 0. The van der Waals surface area contributed by atoms with Crippen LogP contribution in [0, 0.1) is 0 Å². The summed E-state index contributed by atoms with van der Waals surface area (Å²) in [4.78, 5) is 0. The molecule has 0 saturated carbocycles. The van der Waals surface area contributed by atoms with Crippen LogP contribution in [0.4, 0.5) is 0 Å². The van der Waals surface area contributed by atoms with Gasteiger partial charge in [0.05, 0.1) is 0 Å². The zero-order valence-electron chi connectivity index (χ0n) is 2.42. The Bertz CT molecular complexity index is 7.51. The van der Waals surface area contributed by atoms with Gasteiger partial charge < -0.3 is 49.6 Å². The second-order valence-electron chi connectivity index (χ2n) is 0. The van der Waals surface area contributed by atoms with Crippen LogP contribution in [0.1, 0.15) is 0 Å². The van der Waals surface area contributed by atoms with Gasteiger partial charge in [-0.05, 0) is 0 Å². The largest absolute Gasteiger partial charge is 4.00 e. The van der Waals surface area contributed by atoms with Crippen LogP contribution in [0.5, 0.6) is 0 Å². The van der Waals surface area contributed by atoms with Crippen LogP contribution in [-0.2, 0) is 0 Å². The molecule has 0 aliphatic rings. The summed E-state index contributed by atoms with van der Waals surface area (Å²) >= 11 is 0. The van der Waals surface area contributed by atoms with Gasteiger partial charge in [-0.3, -0.25) is 0 Å². The number of halogens is 5. The molecule has 6 heavy (non-hydrogen) atoms. The van der Waals surface area contributed by atoms with E-state index in [1.807, 2.05) is 0 Å². The summed E-state index contributed by atoms with van der Waals surface area (Å²) in [5.74, 6) is 0. The predicted molar refractivity (Wildman–Crippen MR) is 16.1 cm³/mol. The van der Waals surface area contributed by atoms with Crippen molar-refractivity contribution in [3.8, 4) is 0 Å². The summed E-state index contributed by atoms with van der Waals surface area (Å²) in [5.41, 5.74) is 0. The third kappa shape index (κ3) is 32.0.